The van der Waals surface area contributed by atoms with Gasteiger partial charge in [0.25, 0.3) is 0 Å². The molecule has 67 heavy (non-hydrogen) atoms. The normalized spacial score (nSPS) is 16.6. The molecule has 0 fully saturated rings. The number of hydrogen-bond acceptors (Lipinski definition) is 1. The van der Waals surface area contributed by atoms with Gasteiger partial charge in [0.15, 0.2) is 0 Å². The van der Waals surface area contributed by atoms with Crippen LogP contribution in [0.5, 0.6) is 0 Å². The molecule has 0 amide bonds. The van der Waals surface area contributed by atoms with Crippen LogP contribution in [0.4, 0.5) is 11.4 Å². The van der Waals surface area contributed by atoms with E-state index in [-0.39, 0.29) is 11.5 Å². The van der Waals surface area contributed by atoms with Crippen molar-refractivity contribution in [2.75, 3.05) is 4.90 Å². The summed E-state index contributed by atoms with van der Waals surface area (Å²) < 4.78 is 2.41. The second-order valence-electron chi connectivity index (χ2n) is 18.1. The summed E-state index contributed by atoms with van der Waals surface area (Å²) in [4.78, 5) is 2.55. The van der Waals surface area contributed by atoms with E-state index in [2.05, 4.69) is 237 Å². The lowest BCUT2D eigenvalue weighted by Gasteiger charge is -2.39. The molecule has 1 aromatic heterocycles. The van der Waals surface area contributed by atoms with E-state index in [1.807, 2.05) is 36.4 Å². The van der Waals surface area contributed by atoms with E-state index in [9.17, 15) is 0 Å². The topological polar surface area (TPSA) is 8.17 Å². The predicted octanol–water partition coefficient (Wildman–Crippen LogP) is 17.2. The third-order valence-electron chi connectivity index (χ3n) is 14.3. The first-order valence-electron chi connectivity index (χ1n) is 23.8. The molecule has 12 rings (SSSR count). The Labute approximate surface area is 395 Å². The third-order valence-corrected chi connectivity index (χ3v) is 14.3. The Bertz CT molecular complexity index is 3460. The lowest BCUT2D eigenvalue weighted by Crippen LogP contribution is -2.35. The van der Waals surface area contributed by atoms with Crippen LogP contribution in [-0.2, 0) is 5.41 Å². The second kappa shape index (κ2) is 17.8. The summed E-state index contributed by atoms with van der Waals surface area (Å²) >= 11 is 0. The molecule has 2 unspecified atom stereocenters. The summed E-state index contributed by atoms with van der Waals surface area (Å²) in [5, 5.41) is 5.02. The molecule has 324 valence electrons. The zero-order valence-electron chi connectivity index (χ0n) is 38.5. The zero-order valence-corrected chi connectivity index (χ0v) is 38.5. The van der Waals surface area contributed by atoms with Gasteiger partial charge >= 0.3 is 0 Å². The molecule has 2 aliphatic carbocycles. The van der Waals surface area contributed by atoms with Gasteiger partial charge in [-0.3, -0.25) is 0 Å². The molecule has 0 saturated carbocycles. The number of rotatable bonds is 8. The number of benzene rings is 9. The maximum Gasteiger partial charge on any atom is 0.0563 e. The lowest BCUT2D eigenvalue weighted by atomic mass is 9.69. The highest BCUT2D eigenvalue weighted by molar-refractivity contribution is 6.10. The van der Waals surface area contributed by atoms with E-state index in [4.69, 9.17) is 0 Å². The Morgan fingerprint density at radius 3 is 1.87 bits per heavy atom. The van der Waals surface area contributed by atoms with Gasteiger partial charge in [-0.2, -0.15) is 0 Å². The monoisotopic (exact) mass is 862 g/mol. The third kappa shape index (κ3) is 7.49. The zero-order chi connectivity index (χ0) is 45.3. The number of aryl methyl sites for hydroxylation is 1. The molecule has 0 N–H and O–H groups in total. The van der Waals surface area contributed by atoms with Crippen LogP contribution < -0.4 is 4.90 Å². The maximum absolute atomic E-state index is 2.55. The molecule has 0 bridgehead atoms. The molecule has 2 heteroatoms. The van der Waals surface area contributed by atoms with Gasteiger partial charge in [-0.05, 0) is 142 Å². The fourth-order valence-electron chi connectivity index (χ4n) is 11.1. The number of nitrogens with zero attached hydrogens (tertiary/aromatic N) is 2. The minimum absolute atomic E-state index is 0.127. The minimum Gasteiger partial charge on any atom is -0.334 e. The number of hydrogen-bond donors (Lipinski definition) is 0. The molecule has 2 aliphatic rings. The summed E-state index contributed by atoms with van der Waals surface area (Å²) in [6.07, 6.45) is 6.81. The molecule has 0 saturated heterocycles. The Hall–Kier alpha value is -7.94. The molecule has 2 nitrogen and oxygen atoms in total. The second-order valence-corrected chi connectivity index (χ2v) is 18.1. The summed E-state index contributed by atoms with van der Waals surface area (Å²) in [5.74, 6) is 0. The summed E-state index contributed by atoms with van der Waals surface area (Å²) in [7, 11) is 0. The van der Waals surface area contributed by atoms with E-state index >= 15 is 0 Å². The van der Waals surface area contributed by atoms with Crippen molar-refractivity contribution < 1.29 is 0 Å². The van der Waals surface area contributed by atoms with Crippen molar-refractivity contribution in [1.29, 1.82) is 0 Å². The van der Waals surface area contributed by atoms with Crippen molar-refractivity contribution in [3.05, 3.63) is 276 Å². The minimum atomic E-state index is -0.214. The Kier molecular flexibility index (Phi) is 11.1. The number of allylic oxidation sites excluding steroid dienone is 4. The SMILES string of the molecule is CCC1=C(c2ccccc2C)C2=C(CC(N(c3ccccc3)c3ccc(-c4ccc5c(c4)c4ccccc4n5-c4ccc5ccccc5c4)cc3)C=C2)C1(C)c1ccccc1.c1ccccc1. The molecule has 0 spiro atoms. The first-order chi connectivity index (χ1) is 33.0. The van der Waals surface area contributed by atoms with E-state index < -0.39 is 0 Å². The van der Waals surface area contributed by atoms with Crippen LogP contribution in [0.1, 0.15) is 43.4 Å². The molecular formula is C65H54N2. The van der Waals surface area contributed by atoms with Crippen LogP contribution in [0.3, 0.4) is 0 Å². The van der Waals surface area contributed by atoms with Gasteiger partial charge in [0, 0.05) is 33.2 Å². The van der Waals surface area contributed by atoms with Gasteiger partial charge in [-0.25, -0.2) is 0 Å². The largest absolute Gasteiger partial charge is 0.334 e. The summed E-state index contributed by atoms with van der Waals surface area (Å²) in [6.45, 7) is 7.08. The van der Waals surface area contributed by atoms with Crippen molar-refractivity contribution >= 4 is 49.5 Å². The van der Waals surface area contributed by atoms with Crippen molar-refractivity contribution in [2.45, 2.75) is 45.1 Å². The van der Waals surface area contributed by atoms with Gasteiger partial charge < -0.3 is 9.47 Å². The van der Waals surface area contributed by atoms with Crippen molar-refractivity contribution in [2.24, 2.45) is 0 Å². The van der Waals surface area contributed by atoms with E-state index in [0.717, 1.165) is 12.8 Å². The average Bonchev–Trinajstić information content (AvgIpc) is 3.86. The van der Waals surface area contributed by atoms with E-state index in [1.54, 1.807) is 0 Å². The van der Waals surface area contributed by atoms with Gasteiger partial charge in [0.1, 0.15) is 0 Å². The molecule has 1 heterocycles. The van der Waals surface area contributed by atoms with Crippen molar-refractivity contribution in [1.82, 2.24) is 4.57 Å². The Morgan fingerprint density at radius 1 is 0.537 bits per heavy atom. The predicted molar refractivity (Wildman–Crippen MR) is 286 cm³/mol. The highest BCUT2D eigenvalue weighted by Crippen LogP contribution is 2.57. The van der Waals surface area contributed by atoms with E-state index in [1.165, 1.54) is 99.8 Å². The molecule has 9 aromatic carbocycles. The summed E-state index contributed by atoms with van der Waals surface area (Å²) in [5.41, 5.74) is 18.1. The van der Waals surface area contributed by atoms with Crippen molar-refractivity contribution in [3.8, 4) is 16.8 Å². The number of para-hydroxylation sites is 2. The Balaban J connectivity index is 0.000000766. The molecular weight excluding hydrogens is 809 g/mol. The van der Waals surface area contributed by atoms with Crippen LogP contribution in [0, 0.1) is 6.92 Å². The van der Waals surface area contributed by atoms with Crippen LogP contribution in [-0.4, -0.2) is 10.6 Å². The van der Waals surface area contributed by atoms with Crippen LogP contribution in [0.15, 0.2) is 259 Å². The lowest BCUT2D eigenvalue weighted by molar-refractivity contribution is 0.590. The number of fused-ring (bicyclic) bond motifs is 4. The highest BCUT2D eigenvalue weighted by Gasteiger charge is 2.45. The van der Waals surface area contributed by atoms with Gasteiger partial charge in [-0.15, -0.1) is 0 Å². The van der Waals surface area contributed by atoms with Crippen LogP contribution >= 0.6 is 0 Å². The fraction of sp³-hybridized carbons (Fsp3) is 0.108. The smallest absolute Gasteiger partial charge is 0.0563 e. The molecule has 2 atom stereocenters. The number of aromatic nitrogens is 1. The van der Waals surface area contributed by atoms with Gasteiger partial charge in [0.2, 0.25) is 0 Å². The summed E-state index contributed by atoms with van der Waals surface area (Å²) in [6, 6.07) is 83.6. The fourth-order valence-corrected chi connectivity index (χ4v) is 11.1. The maximum atomic E-state index is 2.55. The molecule has 10 aromatic rings. The average molecular weight is 863 g/mol. The molecule has 0 aliphatic heterocycles. The van der Waals surface area contributed by atoms with Gasteiger partial charge in [-0.1, -0.05) is 195 Å². The first kappa shape index (κ1) is 41.7. The van der Waals surface area contributed by atoms with Crippen molar-refractivity contribution in [3.63, 3.8) is 0 Å². The molecule has 0 radical (unpaired) electrons. The highest BCUT2D eigenvalue weighted by atomic mass is 15.2. The van der Waals surface area contributed by atoms with Crippen LogP contribution in [0.25, 0.3) is 55.0 Å². The standard InChI is InChI=1S/C59H48N2.C6H6/c1-4-54-58(50-24-14-11-17-40(50)2)52-35-34-49(39-55(52)59(54,3)45-20-7-5-8-21-45)60(46-22-9-6-10-23-46)47-31-27-42(28-32-47)44-30-36-57-53(38-44)51-25-15-16-26-56(51)61(57)48-33-29-41-18-12-13-19-43(41)37-48;1-2-4-6-5-3-1/h5-38,49H,4,39H2,1-3H3;1-6H. The van der Waals surface area contributed by atoms with Crippen LogP contribution in [0.2, 0.25) is 0 Å². The quantitative estimate of drug-likeness (QED) is 0.148. The Morgan fingerprint density at radius 2 is 1.13 bits per heavy atom. The number of anilines is 2. The van der Waals surface area contributed by atoms with E-state index in [0.29, 0.717) is 0 Å². The first-order valence-corrected chi connectivity index (χ1v) is 23.8. The van der Waals surface area contributed by atoms with Gasteiger partial charge in [0.05, 0.1) is 17.1 Å².